The van der Waals surface area contributed by atoms with Crippen LogP contribution < -0.4 is 10.6 Å². The molecule has 0 spiro atoms. The first-order chi connectivity index (χ1) is 15.2. The molecule has 2 heterocycles. The SMILES string of the molecule is CN=C(NCCCCN1CCC(Cc2ccccc2)CC1)NCC1(CCO)CCOC1. The van der Waals surface area contributed by atoms with Crippen molar-refractivity contribution in [3.05, 3.63) is 35.9 Å². The van der Waals surface area contributed by atoms with Gasteiger partial charge in [-0.1, -0.05) is 30.3 Å². The maximum absolute atomic E-state index is 9.37. The molecule has 31 heavy (non-hydrogen) atoms. The zero-order valence-corrected chi connectivity index (χ0v) is 19.3. The number of nitrogens with one attached hydrogen (secondary N) is 2. The van der Waals surface area contributed by atoms with Crippen LogP contribution in [0.2, 0.25) is 0 Å². The molecule has 1 unspecified atom stereocenters. The fourth-order valence-electron chi connectivity index (χ4n) is 4.83. The summed E-state index contributed by atoms with van der Waals surface area (Å²) in [6.45, 7) is 7.13. The second-order valence-corrected chi connectivity index (χ2v) is 9.31. The van der Waals surface area contributed by atoms with E-state index in [-0.39, 0.29) is 12.0 Å². The lowest BCUT2D eigenvalue weighted by Gasteiger charge is -2.32. The summed E-state index contributed by atoms with van der Waals surface area (Å²) in [5.41, 5.74) is 1.52. The van der Waals surface area contributed by atoms with Crippen molar-refractivity contribution < 1.29 is 9.84 Å². The van der Waals surface area contributed by atoms with E-state index >= 15 is 0 Å². The predicted molar refractivity (Wildman–Crippen MR) is 127 cm³/mol. The van der Waals surface area contributed by atoms with Crippen molar-refractivity contribution in [2.75, 3.05) is 59.6 Å². The monoisotopic (exact) mass is 430 g/mol. The van der Waals surface area contributed by atoms with Gasteiger partial charge in [-0.15, -0.1) is 0 Å². The van der Waals surface area contributed by atoms with Gasteiger partial charge in [-0.2, -0.15) is 0 Å². The van der Waals surface area contributed by atoms with Crippen molar-refractivity contribution >= 4 is 5.96 Å². The van der Waals surface area contributed by atoms with Crippen molar-refractivity contribution in [2.45, 2.75) is 44.9 Å². The molecule has 2 aliphatic rings. The smallest absolute Gasteiger partial charge is 0.190 e. The van der Waals surface area contributed by atoms with Crippen molar-refractivity contribution in [1.29, 1.82) is 0 Å². The Morgan fingerprint density at radius 3 is 2.68 bits per heavy atom. The maximum Gasteiger partial charge on any atom is 0.190 e. The molecule has 0 bridgehead atoms. The van der Waals surface area contributed by atoms with Gasteiger partial charge in [-0.25, -0.2) is 0 Å². The number of benzene rings is 1. The molecule has 0 aliphatic carbocycles. The summed E-state index contributed by atoms with van der Waals surface area (Å²) in [7, 11) is 1.82. The van der Waals surface area contributed by atoms with E-state index in [2.05, 4.69) is 50.9 Å². The van der Waals surface area contributed by atoms with E-state index in [1.54, 1.807) is 0 Å². The minimum absolute atomic E-state index is 0.0407. The number of aliphatic hydroxyl groups is 1. The highest BCUT2D eigenvalue weighted by Gasteiger charge is 2.34. The van der Waals surface area contributed by atoms with Crippen LogP contribution in [0.15, 0.2) is 35.3 Å². The molecule has 2 aliphatic heterocycles. The number of hydrogen-bond acceptors (Lipinski definition) is 4. The van der Waals surface area contributed by atoms with E-state index in [1.165, 1.54) is 50.9 Å². The van der Waals surface area contributed by atoms with Crippen LogP contribution in [0.5, 0.6) is 0 Å². The summed E-state index contributed by atoms with van der Waals surface area (Å²) in [4.78, 5) is 6.98. The Bertz CT molecular complexity index is 638. The molecular weight excluding hydrogens is 388 g/mol. The fraction of sp³-hybridized carbons (Fsp3) is 0.720. The number of rotatable bonds is 11. The molecule has 0 saturated carbocycles. The number of piperidine rings is 1. The third-order valence-corrected chi connectivity index (χ3v) is 6.95. The average molecular weight is 431 g/mol. The summed E-state index contributed by atoms with van der Waals surface area (Å²) in [5.74, 6) is 1.69. The summed E-state index contributed by atoms with van der Waals surface area (Å²) in [6.07, 6.45) is 8.02. The van der Waals surface area contributed by atoms with Crippen LogP contribution in [-0.2, 0) is 11.2 Å². The Morgan fingerprint density at radius 1 is 1.19 bits per heavy atom. The van der Waals surface area contributed by atoms with Crippen LogP contribution in [0.1, 0.15) is 44.1 Å². The Morgan fingerprint density at radius 2 is 2.00 bits per heavy atom. The van der Waals surface area contributed by atoms with Gasteiger partial charge in [0.1, 0.15) is 0 Å². The number of aliphatic imine (C=N–C) groups is 1. The summed E-state index contributed by atoms with van der Waals surface area (Å²) >= 11 is 0. The van der Waals surface area contributed by atoms with Gasteiger partial charge in [0.05, 0.1) is 6.61 Å². The zero-order valence-electron chi connectivity index (χ0n) is 19.3. The molecule has 3 N–H and O–H groups in total. The van der Waals surface area contributed by atoms with E-state index in [0.29, 0.717) is 0 Å². The van der Waals surface area contributed by atoms with Gasteiger partial charge in [-0.05, 0) is 76.1 Å². The van der Waals surface area contributed by atoms with Crippen LogP contribution in [0, 0.1) is 11.3 Å². The summed E-state index contributed by atoms with van der Waals surface area (Å²) in [6, 6.07) is 10.9. The molecule has 174 valence electrons. The lowest BCUT2D eigenvalue weighted by Crippen LogP contribution is -2.44. The standard InChI is InChI=1S/C25H42N4O2/c1-26-24(28-20-25(11-17-30)12-18-31-21-25)27-13-5-6-14-29-15-9-23(10-16-29)19-22-7-3-2-4-8-22/h2-4,7-8,23,30H,5-6,9-21H2,1H3,(H2,26,27,28). The molecule has 0 radical (unpaired) electrons. The molecule has 6 heteroatoms. The van der Waals surface area contributed by atoms with Crippen molar-refractivity contribution in [3.8, 4) is 0 Å². The van der Waals surface area contributed by atoms with Gasteiger partial charge < -0.3 is 25.4 Å². The van der Waals surface area contributed by atoms with E-state index in [9.17, 15) is 5.11 Å². The first-order valence-corrected chi connectivity index (χ1v) is 12.1. The van der Waals surface area contributed by atoms with E-state index < -0.39 is 0 Å². The highest BCUT2D eigenvalue weighted by Crippen LogP contribution is 2.31. The number of aliphatic hydroxyl groups excluding tert-OH is 1. The molecule has 2 fully saturated rings. The van der Waals surface area contributed by atoms with E-state index in [1.807, 2.05) is 7.05 Å². The van der Waals surface area contributed by atoms with Crippen molar-refractivity contribution in [1.82, 2.24) is 15.5 Å². The lowest BCUT2D eigenvalue weighted by atomic mass is 9.84. The second-order valence-electron chi connectivity index (χ2n) is 9.31. The van der Waals surface area contributed by atoms with Crippen LogP contribution >= 0.6 is 0 Å². The van der Waals surface area contributed by atoms with E-state index in [0.717, 1.165) is 57.4 Å². The van der Waals surface area contributed by atoms with Crippen LogP contribution in [0.25, 0.3) is 0 Å². The minimum Gasteiger partial charge on any atom is -0.396 e. The van der Waals surface area contributed by atoms with Gasteiger partial charge in [-0.3, -0.25) is 4.99 Å². The van der Waals surface area contributed by atoms with Gasteiger partial charge in [0.2, 0.25) is 0 Å². The molecule has 1 aromatic carbocycles. The number of nitrogens with zero attached hydrogens (tertiary/aromatic N) is 2. The predicted octanol–water partition coefficient (Wildman–Crippen LogP) is 2.68. The highest BCUT2D eigenvalue weighted by molar-refractivity contribution is 5.79. The lowest BCUT2D eigenvalue weighted by molar-refractivity contribution is 0.127. The number of likely N-dealkylation sites (tertiary alicyclic amines) is 1. The molecule has 1 atom stereocenters. The molecule has 2 saturated heterocycles. The number of unbranched alkanes of at least 4 members (excludes halogenated alkanes) is 1. The van der Waals surface area contributed by atoms with Crippen LogP contribution in [-0.4, -0.2) is 75.6 Å². The topological polar surface area (TPSA) is 69.1 Å². The van der Waals surface area contributed by atoms with Crippen molar-refractivity contribution in [2.24, 2.45) is 16.3 Å². The molecular formula is C25H42N4O2. The van der Waals surface area contributed by atoms with Crippen LogP contribution in [0.3, 0.4) is 0 Å². The molecule has 6 nitrogen and oxygen atoms in total. The molecule has 0 aromatic heterocycles. The van der Waals surface area contributed by atoms with Crippen molar-refractivity contribution in [3.63, 3.8) is 0 Å². The largest absolute Gasteiger partial charge is 0.396 e. The number of hydrogen-bond donors (Lipinski definition) is 3. The minimum atomic E-state index is 0.0407. The quantitative estimate of drug-likeness (QED) is 0.286. The van der Waals surface area contributed by atoms with Gasteiger partial charge in [0.15, 0.2) is 5.96 Å². The maximum atomic E-state index is 9.37. The highest BCUT2D eigenvalue weighted by atomic mass is 16.5. The zero-order chi connectivity index (χ0) is 21.8. The van der Waals surface area contributed by atoms with E-state index in [4.69, 9.17) is 4.74 Å². The average Bonchev–Trinajstić information content (AvgIpc) is 3.26. The first-order valence-electron chi connectivity index (χ1n) is 12.1. The normalized spacial score (nSPS) is 23.2. The first kappa shape index (κ1) is 24.0. The summed E-state index contributed by atoms with van der Waals surface area (Å²) in [5, 5.41) is 16.3. The second kappa shape index (κ2) is 13.0. The van der Waals surface area contributed by atoms with Crippen LogP contribution in [0.4, 0.5) is 0 Å². The molecule has 1 aromatic rings. The summed E-state index contributed by atoms with van der Waals surface area (Å²) < 4.78 is 5.57. The van der Waals surface area contributed by atoms with Gasteiger partial charge in [0.25, 0.3) is 0 Å². The Kier molecular flexibility index (Phi) is 10.1. The number of guanidine groups is 1. The third kappa shape index (κ3) is 8.09. The Hall–Kier alpha value is -1.63. The number of ether oxygens (including phenoxy) is 1. The van der Waals surface area contributed by atoms with Gasteiger partial charge in [0, 0.05) is 38.8 Å². The Balaban J connectivity index is 1.24. The van der Waals surface area contributed by atoms with Gasteiger partial charge >= 0.3 is 0 Å². The Labute approximate surface area is 188 Å². The molecule has 0 amide bonds. The third-order valence-electron chi connectivity index (χ3n) is 6.95. The molecule has 3 rings (SSSR count). The fourth-order valence-corrected chi connectivity index (χ4v) is 4.83.